The van der Waals surface area contributed by atoms with Crippen LogP contribution in [0.5, 0.6) is 0 Å². The van der Waals surface area contributed by atoms with E-state index in [0.29, 0.717) is 37.2 Å². The van der Waals surface area contributed by atoms with E-state index in [-0.39, 0.29) is 11.9 Å². The van der Waals surface area contributed by atoms with Gasteiger partial charge in [-0.2, -0.15) is 0 Å². The van der Waals surface area contributed by atoms with Crippen LogP contribution in [0.25, 0.3) is 0 Å². The first-order chi connectivity index (χ1) is 9.90. The van der Waals surface area contributed by atoms with E-state index in [1.54, 1.807) is 19.1 Å². The second kappa shape index (κ2) is 9.39. The fourth-order valence-electron chi connectivity index (χ4n) is 1.41. The lowest BCUT2D eigenvalue weighted by Gasteiger charge is -2.06. The minimum absolute atomic E-state index is 0.310. The first-order valence-electron chi connectivity index (χ1n) is 6.36. The molecule has 6 heteroatoms. The van der Waals surface area contributed by atoms with Gasteiger partial charge in [0.05, 0.1) is 18.8 Å². The normalized spacial score (nSPS) is 10.0. The van der Waals surface area contributed by atoms with Crippen molar-refractivity contribution >= 4 is 57.1 Å². The molecule has 0 saturated heterocycles. The van der Waals surface area contributed by atoms with Crippen molar-refractivity contribution in [2.45, 2.75) is 19.8 Å². The Bertz CT molecular complexity index is 520. The summed E-state index contributed by atoms with van der Waals surface area (Å²) in [5.41, 5.74) is 0.940. The average molecular weight is 514 g/mol. The summed E-state index contributed by atoms with van der Waals surface area (Å²) >= 11 is 4.33. The van der Waals surface area contributed by atoms with Crippen LogP contribution in [0.1, 0.15) is 30.1 Å². The van der Waals surface area contributed by atoms with E-state index in [0.717, 1.165) is 7.14 Å². The van der Waals surface area contributed by atoms with Crippen LogP contribution in [0.3, 0.4) is 0 Å². The molecular formula is C15H16I2O4. The van der Waals surface area contributed by atoms with Crippen LogP contribution in [0.4, 0.5) is 0 Å². The van der Waals surface area contributed by atoms with Gasteiger partial charge in [-0.25, -0.2) is 9.59 Å². The molecule has 0 heterocycles. The molecule has 0 spiro atoms. The smallest absolute Gasteiger partial charge is 0.338 e. The van der Waals surface area contributed by atoms with E-state index in [9.17, 15) is 9.59 Å². The molecule has 0 fully saturated rings. The third-order valence-electron chi connectivity index (χ3n) is 2.45. The molecule has 0 aromatic heterocycles. The highest BCUT2D eigenvalue weighted by molar-refractivity contribution is 14.1. The van der Waals surface area contributed by atoms with Gasteiger partial charge < -0.3 is 9.47 Å². The number of carbonyl (C=O) groups is 2. The maximum atomic E-state index is 11.9. The molecule has 4 nitrogen and oxygen atoms in total. The highest BCUT2D eigenvalue weighted by Gasteiger charge is 2.09. The molecule has 1 rings (SSSR count). The van der Waals surface area contributed by atoms with Crippen molar-refractivity contribution in [1.82, 2.24) is 0 Å². The standard InChI is InChI=1S/C15H16I2O4/c1-10(2)14(18)20-5-3-4-6-21-15(19)11-7-12(16)9-13(17)8-11/h7-9H,1,3-6H2,2H3. The molecule has 0 aliphatic carbocycles. The monoisotopic (exact) mass is 514 g/mol. The first-order valence-corrected chi connectivity index (χ1v) is 8.51. The number of halogens is 2. The number of benzene rings is 1. The van der Waals surface area contributed by atoms with Crippen LogP contribution >= 0.6 is 45.2 Å². The molecule has 0 atom stereocenters. The molecule has 0 radical (unpaired) electrons. The van der Waals surface area contributed by atoms with E-state index in [4.69, 9.17) is 9.47 Å². The summed E-state index contributed by atoms with van der Waals surface area (Å²) in [4.78, 5) is 23.0. The molecular weight excluding hydrogens is 498 g/mol. The van der Waals surface area contributed by atoms with Crippen molar-refractivity contribution in [2.75, 3.05) is 13.2 Å². The van der Waals surface area contributed by atoms with Gasteiger partial charge >= 0.3 is 11.9 Å². The zero-order chi connectivity index (χ0) is 15.8. The summed E-state index contributed by atoms with van der Waals surface area (Å²) in [5.74, 6) is -0.717. The number of unbranched alkanes of at least 4 members (excludes halogenated alkanes) is 1. The molecule has 0 unspecified atom stereocenters. The summed E-state index contributed by atoms with van der Waals surface area (Å²) in [6.45, 7) is 5.72. The number of carbonyl (C=O) groups excluding carboxylic acids is 2. The third-order valence-corrected chi connectivity index (χ3v) is 3.70. The second-order valence-corrected chi connectivity index (χ2v) is 6.91. The van der Waals surface area contributed by atoms with E-state index in [1.165, 1.54) is 0 Å². The Balaban J connectivity index is 2.25. The van der Waals surface area contributed by atoms with Gasteiger partial charge in [0.2, 0.25) is 0 Å². The summed E-state index contributed by atoms with van der Waals surface area (Å²) in [7, 11) is 0. The minimum atomic E-state index is -0.388. The molecule has 0 aliphatic heterocycles. The lowest BCUT2D eigenvalue weighted by molar-refractivity contribution is -0.139. The summed E-state index contributed by atoms with van der Waals surface area (Å²) < 4.78 is 12.1. The van der Waals surface area contributed by atoms with Crippen LogP contribution in [0.2, 0.25) is 0 Å². The Labute approximate surface area is 151 Å². The average Bonchev–Trinajstić information content (AvgIpc) is 2.40. The summed E-state index contributed by atoms with van der Waals surface area (Å²) in [5, 5.41) is 0. The Morgan fingerprint density at radius 3 is 2.10 bits per heavy atom. The zero-order valence-electron chi connectivity index (χ0n) is 11.7. The topological polar surface area (TPSA) is 52.6 Å². The van der Waals surface area contributed by atoms with Gasteiger partial charge in [0.25, 0.3) is 0 Å². The zero-order valence-corrected chi connectivity index (χ0v) is 16.0. The van der Waals surface area contributed by atoms with Crippen LogP contribution in [-0.2, 0) is 14.3 Å². The van der Waals surface area contributed by atoms with Gasteiger partial charge in [0.1, 0.15) is 0 Å². The molecule has 0 saturated carbocycles. The SMILES string of the molecule is C=C(C)C(=O)OCCCCOC(=O)c1cc(I)cc(I)c1. The summed E-state index contributed by atoms with van der Waals surface area (Å²) in [6, 6.07) is 5.56. The molecule has 0 aliphatic rings. The van der Waals surface area contributed by atoms with E-state index in [2.05, 4.69) is 51.8 Å². The third kappa shape index (κ3) is 7.25. The molecule has 0 amide bonds. The van der Waals surface area contributed by atoms with Crippen LogP contribution in [-0.4, -0.2) is 25.2 Å². The van der Waals surface area contributed by atoms with Gasteiger partial charge in [-0.1, -0.05) is 6.58 Å². The van der Waals surface area contributed by atoms with Crippen molar-refractivity contribution < 1.29 is 19.1 Å². The highest BCUT2D eigenvalue weighted by Crippen LogP contribution is 2.15. The van der Waals surface area contributed by atoms with E-state index in [1.807, 2.05) is 6.07 Å². The fourth-order valence-corrected chi connectivity index (χ4v) is 3.35. The Morgan fingerprint density at radius 2 is 1.57 bits per heavy atom. The molecule has 0 bridgehead atoms. The van der Waals surface area contributed by atoms with Crippen LogP contribution in [0, 0.1) is 7.14 Å². The Kier molecular flexibility index (Phi) is 8.23. The predicted molar refractivity (Wildman–Crippen MR) is 97.2 cm³/mol. The molecule has 114 valence electrons. The maximum Gasteiger partial charge on any atom is 0.338 e. The van der Waals surface area contributed by atoms with Crippen molar-refractivity contribution in [2.24, 2.45) is 0 Å². The van der Waals surface area contributed by atoms with E-state index < -0.39 is 0 Å². The Morgan fingerprint density at radius 1 is 1.05 bits per heavy atom. The minimum Gasteiger partial charge on any atom is -0.462 e. The molecule has 1 aromatic carbocycles. The van der Waals surface area contributed by atoms with Crippen molar-refractivity contribution in [1.29, 1.82) is 0 Å². The first kappa shape index (κ1) is 18.4. The van der Waals surface area contributed by atoms with Gasteiger partial charge in [0, 0.05) is 12.7 Å². The van der Waals surface area contributed by atoms with Crippen LogP contribution < -0.4 is 0 Å². The summed E-state index contributed by atoms with van der Waals surface area (Å²) in [6.07, 6.45) is 1.30. The molecule has 0 N–H and O–H groups in total. The largest absolute Gasteiger partial charge is 0.462 e. The number of ether oxygens (including phenoxy) is 2. The highest BCUT2D eigenvalue weighted by atomic mass is 127. The quantitative estimate of drug-likeness (QED) is 0.240. The van der Waals surface area contributed by atoms with E-state index >= 15 is 0 Å². The van der Waals surface area contributed by atoms with Gasteiger partial charge in [-0.3, -0.25) is 0 Å². The van der Waals surface area contributed by atoms with Gasteiger partial charge in [-0.15, -0.1) is 0 Å². The number of hydrogen-bond donors (Lipinski definition) is 0. The van der Waals surface area contributed by atoms with Crippen LogP contribution in [0.15, 0.2) is 30.4 Å². The number of hydrogen-bond acceptors (Lipinski definition) is 4. The van der Waals surface area contributed by atoms with Gasteiger partial charge in [0.15, 0.2) is 0 Å². The fraction of sp³-hybridized carbons (Fsp3) is 0.333. The second-order valence-electron chi connectivity index (χ2n) is 4.42. The Hall–Kier alpha value is -0.640. The maximum absolute atomic E-state index is 11.9. The number of rotatable bonds is 7. The molecule has 21 heavy (non-hydrogen) atoms. The van der Waals surface area contributed by atoms with Gasteiger partial charge in [-0.05, 0) is 83.1 Å². The molecule has 1 aromatic rings. The van der Waals surface area contributed by atoms with Crippen molar-refractivity contribution in [3.8, 4) is 0 Å². The predicted octanol–water partition coefficient (Wildman–Crippen LogP) is 3.95. The lowest BCUT2D eigenvalue weighted by atomic mass is 10.2. The lowest BCUT2D eigenvalue weighted by Crippen LogP contribution is -2.09. The van der Waals surface area contributed by atoms with Crippen molar-refractivity contribution in [3.05, 3.63) is 43.1 Å². The van der Waals surface area contributed by atoms with Crippen molar-refractivity contribution in [3.63, 3.8) is 0 Å². The number of esters is 2.